The van der Waals surface area contributed by atoms with E-state index in [0.29, 0.717) is 22.2 Å². The molecule has 3 aromatic heterocycles. The summed E-state index contributed by atoms with van der Waals surface area (Å²) in [5.74, 6) is -0.451. The average Bonchev–Trinajstić information content (AvgIpc) is 3.23. The van der Waals surface area contributed by atoms with Gasteiger partial charge in [0.1, 0.15) is 11.0 Å². The van der Waals surface area contributed by atoms with Gasteiger partial charge in [0.05, 0.1) is 29.9 Å². The average molecular weight is 539 g/mol. The molecule has 128 valence electrons. The lowest BCUT2D eigenvalue weighted by atomic mass is 10.0. The Kier molecular flexibility index (Phi) is 4.79. The van der Waals surface area contributed by atoms with Crippen LogP contribution >= 0.6 is 77.9 Å². The SMILES string of the molecule is Cc1cc(-c2c(F)c(Cl)c(-c3cc(C)c(Br)s3)c3nsnc23)sc1Br. The van der Waals surface area contributed by atoms with Crippen LogP contribution in [0.1, 0.15) is 11.1 Å². The lowest BCUT2D eigenvalue weighted by Gasteiger charge is -2.09. The Morgan fingerprint density at radius 2 is 1.40 bits per heavy atom. The Morgan fingerprint density at radius 1 is 0.920 bits per heavy atom. The summed E-state index contributed by atoms with van der Waals surface area (Å²) >= 11 is 17.5. The van der Waals surface area contributed by atoms with Crippen LogP contribution < -0.4 is 0 Å². The summed E-state index contributed by atoms with van der Waals surface area (Å²) in [4.78, 5) is 1.66. The number of hydrogen-bond acceptors (Lipinski definition) is 5. The van der Waals surface area contributed by atoms with Gasteiger partial charge in [-0.25, -0.2) is 4.39 Å². The first-order valence-electron chi connectivity index (χ1n) is 7.04. The maximum atomic E-state index is 15.3. The Bertz CT molecular complexity index is 1010. The van der Waals surface area contributed by atoms with Gasteiger partial charge in [-0.1, -0.05) is 11.6 Å². The molecule has 4 rings (SSSR count). The Morgan fingerprint density at radius 3 is 1.88 bits per heavy atom. The lowest BCUT2D eigenvalue weighted by molar-refractivity contribution is 0.634. The minimum atomic E-state index is -0.451. The molecule has 2 nitrogen and oxygen atoms in total. The van der Waals surface area contributed by atoms with Crippen molar-refractivity contribution in [1.29, 1.82) is 0 Å². The van der Waals surface area contributed by atoms with E-state index in [0.717, 1.165) is 40.2 Å². The molecule has 0 unspecified atom stereocenters. The molecule has 0 bridgehead atoms. The standard InChI is InChI=1S/C16H8Br2ClFN2S3/c1-5-3-7(23-15(5)17)9-11(19)12(20)10(14-13(9)21-25-22-14)8-4-6(2)16(18)24-8/h3-4H,1-2H3. The van der Waals surface area contributed by atoms with Crippen molar-refractivity contribution in [3.8, 4) is 20.9 Å². The number of halogens is 4. The van der Waals surface area contributed by atoms with Crippen molar-refractivity contribution in [2.24, 2.45) is 0 Å². The van der Waals surface area contributed by atoms with Gasteiger partial charge in [-0.3, -0.25) is 0 Å². The van der Waals surface area contributed by atoms with Crippen LogP contribution in [-0.4, -0.2) is 8.75 Å². The van der Waals surface area contributed by atoms with Crippen LogP contribution in [0.25, 0.3) is 31.9 Å². The summed E-state index contributed by atoms with van der Waals surface area (Å²) < 4.78 is 26.0. The normalized spacial score (nSPS) is 11.6. The van der Waals surface area contributed by atoms with Crippen LogP contribution in [0, 0.1) is 19.7 Å². The molecule has 25 heavy (non-hydrogen) atoms. The maximum absolute atomic E-state index is 15.3. The number of nitrogens with zero attached hydrogens (tertiary/aromatic N) is 2. The van der Waals surface area contributed by atoms with Crippen molar-refractivity contribution < 1.29 is 4.39 Å². The van der Waals surface area contributed by atoms with E-state index in [1.54, 1.807) is 0 Å². The van der Waals surface area contributed by atoms with Gasteiger partial charge in [-0.15, -0.1) is 22.7 Å². The minimum Gasteiger partial charge on any atom is -0.205 e. The van der Waals surface area contributed by atoms with Crippen LogP contribution in [0.5, 0.6) is 0 Å². The monoisotopic (exact) mass is 536 g/mol. The second-order valence-electron chi connectivity index (χ2n) is 5.47. The molecule has 0 saturated heterocycles. The molecular weight excluding hydrogens is 531 g/mol. The molecule has 0 aliphatic carbocycles. The van der Waals surface area contributed by atoms with E-state index < -0.39 is 5.82 Å². The molecule has 0 saturated carbocycles. The van der Waals surface area contributed by atoms with Gasteiger partial charge in [0.2, 0.25) is 0 Å². The zero-order valence-electron chi connectivity index (χ0n) is 12.8. The molecule has 0 radical (unpaired) electrons. The predicted octanol–water partition coefficient (Wildman–Crippen LogP) is 8.08. The molecule has 3 heterocycles. The number of benzene rings is 1. The molecular formula is C16H8Br2ClFN2S3. The Hall–Kier alpha value is -0.380. The van der Waals surface area contributed by atoms with Crippen LogP contribution in [0.4, 0.5) is 4.39 Å². The smallest absolute Gasteiger partial charge is 0.153 e. The van der Waals surface area contributed by atoms with Crippen LogP contribution in [0.3, 0.4) is 0 Å². The van der Waals surface area contributed by atoms with Gasteiger partial charge in [-0.05, 0) is 69.0 Å². The number of fused-ring (bicyclic) bond motifs is 1. The first-order valence-corrected chi connectivity index (χ1v) is 11.4. The topological polar surface area (TPSA) is 25.8 Å². The third-order valence-electron chi connectivity index (χ3n) is 3.80. The summed E-state index contributed by atoms with van der Waals surface area (Å²) in [5, 5.41) is 0.0890. The maximum Gasteiger partial charge on any atom is 0.153 e. The summed E-state index contributed by atoms with van der Waals surface area (Å²) in [7, 11) is 0. The van der Waals surface area contributed by atoms with Crippen molar-refractivity contribution >= 4 is 88.9 Å². The van der Waals surface area contributed by atoms with Gasteiger partial charge in [0.25, 0.3) is 0 Å². The summed E-state index contributed by atoms with van der Waals surface area (Å²) in [5.41, 5.74) is 4.35. The van der Waals surface area contributed by atoms with Gasteiger partial charge in [0.15, 0.2) is 5.82 Å². The number of aromatic nitrogens is 2. The molecule has 9 heteroatoms. The molecule has 0 amide bonds. The van der Waals surface area contributed by atoms with E-state index in [1.165, 1.54) is 22.7 Å². The summed E-state index contributed by atoms with van der Waals surface area (Å²) in [6.07, 6.45) is 0. The number of rotatable bonds is 2. The fraction of sp³-hybridized carbons (Fsp3) is 0.125. The zero-order chi connectivity index (χ0) is 17.9. The van der Waals surface area contributed by atoms with E-state index in [-0.39, 0.29) is 5.02 Å². The number of aryl methyl sites for hydroxylation is 2. The van der Waals surface area contributed by atoms with Crippen LogP contribution in [0.2, 0.25) is 5.02 Å². The van der Waals surface area contributed by atoms with E-state index in [2.05, 4.69) is 40.6 Å². The van der Waals surface area contributed by atoms with E-state index >= 15 is 4.39 Å². The molecule has 0 aliphatic rings. The second-order valence-corrected chi connectivity index (χ2v) is 11.1. The highest BCUT2D eigenvalue weighted by atomic mass is 79.9. The lowest BCUT2D eigenvalue weighted by Crippen LogP contribution is -1.91. The summed E-state index contributed by atoms with van der Waals surface area (Å²) in [6.45, 7) is 3.96. The highest BCUT2D eigenvalue weighted by Gasteiger charge is 2.26. The Balaban J connectivity index is 2.07. The van der Waals surface area contributed by atoms with Crippen molar-refractivity contribution in [3.63, 3.8) is 0 Å². The highest BCUT2D eigenvalue weighted by molar-refractivity contribution is 9.11. The molecule has 0 fully saturated rings. The van der Waals surface area contributed by atoms with Crippen molar-refractivity contribution in [3.05, 3.63) is 41.7 Å². The fourth-order valence-electron chi connectivity index (χ4n) is 2.56. The van der Waals surface area contributed by atoms with Gasteiger partial charge < -0.3 is 0 Å². The first kappa shape index (κ1) is 18.0. The molecule has 0 N–H and O–H groups in total. The van der Waals surface area contributed by atoms with Crippen molar-refractivity contribution in [2.45, 2.75) is 13.8 Å². The second kappa shape index (κ2) is 6.65. The molecule has 1 aromatic carbocycles. The van der Waals surface area contributed by atoms with Crippen molar-refractivity contribution in [1.82, 2.24) is 8.75 Å². The van der Waals surface area contributed by atoms with Crippen LogP contribution in [-0.2, 0) is 0 Å². The van der Waals surface area contributed by atoms with Gasteiger partial charge in [0, 0.05) is 15.3 Å². The van der Waals surface area contributed by atoms with E-state index in [4.69, 9.17) is 11.6 Å². The van der Waals surface area contributed by atoms with E-state index in [1.807, 2.05) is 26.0 Å². The highest BCUT2D eigenvalue weighted by Crippen LogP contribution is 2.47. The fourth-order valence-corrected chi connectivity index (χ4v) is 6.62. The predicted molar refractivity (Wildman–Crippen MR) is 114 cm³/mol. The largest absolute Gasteiger partial charge is 0.205 e. The number of hydrogen-bond donors (Lipinski definition) is 0. The summed E-state index contributed by atoms with van der Waals surface area (Å²) in [6, 6.07) is 3.92. The quantitative estimate of drug-likeness (QED) is 0.258. The Labute approximate surface area is 177 Å². The number of thiophene rings is 2. The minimum absolute atomic E-state index is 0.0890. The third-order valence-corrected chi connectivity index (χ3v) is 8.99. The van der Waals surface area contributed by atoms with Gasteiger partial charge >= 0.3 is 0 Å². The van der Waals surface area contributed by atoms with Gasteiger partial charge in [-0.2, -0.15) is 8.75 Å². The van der Waals surface area contributed by atoms with Crippen molar-refractivity contribution in [2.75, 3.05) is 0 Å². The third kappa shape index (κ3) is 2.91. The van der Waals surface area contributed by atoms with E-state index in [9.17, 15) is 0 Å². The molecule has 0 atom stereocenters. The first-order chi connectivity index (χ1) is 11.9. The molecule has 0 spiro atoms. The van der Waals surface area contributed by atoms with Crippen LogP contribution in [0.15, 0.2) is 19.7 Å². The zero-order valence-corrected chi connectivity index (χ0v) is 19.2. The molecule has 0 aliphatic heterocycles. The molecule has 4 aromatic rings.